The van der Waals surface area contributed by atoms with Crippen LogP contribution in [0.15, 0.2) is 0 Å². The molecular formula is C19H33N. The minimum absolute atomic E-state index is 0.485. The van der Waals surface area contributed by atoms with Crippen molar-refractivity contribution in [3.8, 4) is 0 Å². The highest BCUT2D eigenvalue weighted by Gasteiger charge is 2.58. The van der Waals surface area contributed by atoms with Crippen LogP contribution in [-0.2, 0) is 0 Å². The minimum Gasteiger partial charge on any atom is -0.327 e. The Morgan fingerprint density at radius 3 is 2.40 bits per heavy atom. The Kier molecular flexibility index (Phi) is 3.05. The molecule has 0 radical (unpaired) electrons. The molecule has 0 aromatic carbocycles. The van der Waals surface area contributed by atoms with Gasteiger partial charge in [-0.3, -0.25) is 0 Å². The molecule has 7 atom stereocenters. The first-order chi connectivity index (χ1) is 9.56. The van der Waals surface area contributed by atoms with Gasteiger partial charge in [-0.2, -0.15) is 0 Å². The zero-order chi connectivity index (χ0) is 14.0. The van der Waals surface area contributed by atoms with Gasteiger partial charge in [-0.1, -0.05) is 26.7 Å². The molecule has 4 aliphatic carbocycles. The standard InChI is InChI=1S/C19H33N/c1-18-11-4-3-5-13(18)6-7-14-15-8-9-17(20)19(15,2)12-10-16(14)18/h13-17H,3-12,20H2,1-2H3/t13-,14+,15+,16-,17-,18-,19-/m0/s1. The summed E-state index contributed by atoms with van der Waals surface area (Å²) in [6.45, 7) is 5.20. The molecule has 0 aromatic rings. The molecule has 0 saturated heterocycles. The molecule has 0 spiro atoms. The Morgan fingerprint density at radius 2 is 1.55 bits per heavy atom. The predicted molar refractivity (Wildman–Crippen MR) is 84.3 cm³/mol. The Morgan fingerprint density at radius 1 is 0.750 bits per heavy atom. The van der Waals surface area contributed by atoms with Gasteiger partial charge in [0.2, 0.25) is 0 Å². The second-order valence-electron chi connectivity index (χ2n) is 9.13. The van der Waals surface area contributed by atoms with E-state index in [1.807, 2.05) is 0 Å². The van der Waals surface area contributed by atoms with Crippen LogP contribution in [0.4, 0.5) is 0 Å². The van der Waals surface area contributed by atoms with Crippen LogP contribution in [0.3, 0.4) is 0 Å². The third-order valence-corrected chi connectivity index (χ3v) is 8.66. The molecule has 114 valence electrons. The SMILES string of the molecule is C[C@]12CC[C@H]3[C@H](CC[C@@H]4CCCC[C@@]43C)[C@H]1CC[C@@H]2N. The molecule has 0 aromatic heterocycles. The molecule has 0 heterocycles. The van der Waals surface area contributed by atoms with Crippen molar-refractivity contribution in [1.29, 1.82) is 0 Å². The molecule has 4 saturated carbocycles. The molecule has 0 aliphatic heterocycles. The summed E-state index contributed by atoms with van der Waals surface area (Å²) in [7, 11) is 0. The molecule has 4 rings (SSSR count). The zero-order valence-electron chi connectivity index (χ0n) is 13.5. The summed E-state index contributed by atoms with van der Waals surface area (Å²) in [6.07, 6.45) is 14.7. The van der Waals surface area contributed by atoms with Gasteiger partial charge < -0.3 is 5.73 Å². The lowest BCUT2D eigenvalue weighted by Crippen LogP contribution is -2.54. The molecular weight excluding hydrogens is 242 g/mol. The van der Waals surface area contributed by atoms with Crippen molar-refractivity contribution in [2.45, 2.75) is 84.1 Å². The van der Waals surface area contributed by atoms with Crippen LogP contribution in [0.1, 0.15) is 78.1 Å². The first-order valence-electron chi connectivity index (χ1n) is 9.31. The van der Waals surface area contributed by atoms with Gasteiger partial charge in [-0.25, -0.2) is 0 Å². The topological polar surface area (TPSA) is 26.0 Å². The van der Waals surface area contributed by atoms with E-state index in [1.165, 1.54) is 64.2 Å². The lowest BCUT2D eigenvalue weighted by atomic mass is 9.45. The van der Waals surface area contributed by atoms with Gasteiger partial charge in [0.05, 0.1) is 0 Å². The van der Waals surface area contributed by atoms with E-state index in [0.29, 0.717) is 16.9 Å². The molecule has 0 amide bonds. The number of rotatable bonds is 0. The maximum absolute atomic E-state index is 6.51. The number of hydrogen-bond acceptors (Lipinski definition) is 1. The summed E-state index contributed by atoms with van der Waals surface area (Å²) in [6, 6.07) is 0.491. The molecule has 0 unspecified atom stereocenters. The van der Waals surface area contributed by atoms with Crippen molar-refractivity contribution in [2.24, 2.45) is 40.2 Å². The summed E-state index contributed by atoms with van der Waals surface area (Å²) in [5.41, 5.74) is 7.69. The van der Waals surface area contributed by atoms with E-state index < -0.39 is 0 Å². The second-order valence-corrected chi connectivity index (χ2v) is 9.13. The first kappa shape index (κ1) is 13.6. The fourth-order valence-electron chi connectivity index (χ4n) is 7.34. The van der Waals surface area contributed by atoms with Crippen molar-refractivity contribution in [3.05, 3.63) is 0 Å². The van der Waals surface area contributed by atoms with Crippen molar-refractivity contribution in [1.82, 2.24) is 0 Å². The second kappa shape index (κ2) is 4.48. The van der Waals surface area contributed by atoms with Crippen molar-refractivity contribution in [2.75, 3.05) is 0 Å². The third kappa shape index (κ3) is 1.65. The van der Waals surface area contributed by atoms with E-state index in [-0.39, 0.29) is 0 Å². The summed E-state index contributed by atoms with van der Waals surface area (Å²) in [4.78, 5) is 0. The highest BCUT2D eigenvalue weighted by molar-refractivity contribution is 5.09. The van der Waals surface area contributed by atoms with Gasteiger partial charge in [0.15, 0.2) is 0 Å². The lowest BCUT2D eigenvalue weighted by molar-refractivity contribution is -0.105. The fourth-order valence-corrected chi connectivity index (χ4v) is 7.34. The Hall–Kier alpha value is -0.0400. The van der Waals surface area contributed by atoms with E-state index in [0.717, 1.165) is 23.7 Å². The van der Waals surface area contributed by atoms with E-state index in [1.54, 1.807) is 0 Å². The van der Waals surface area contributed by atoms with Gasteiger partial charge in [-0.15, -0.1) is 0 Å². The first-order valence-corrected chi connectivity index (χ1v) is 9.31. The van der Waals surface area contributed by atoms with Gasteiger partial charge in [-0.05, 0) is 85.9 Å². The maximum atomic E-state index is 6.51. The number of fused-ring (bicyclic) bond motifs is 5. The predicted octanol–water partition coefficient (Wildman–Crippen LogP) is 4.75. The van der Waals surface area contributed by atoms with Crippen LogP contribution in [0.5, 0.6) is 0 Å². The highest BCUT2D eigenvalue weighted by atomic mass is 14.8. The Bertz CT molecular complexity index is 391. The maximum Gasteiger partial charge on any atom is 0.00957 e. The molecule has 20 heavy (non-hydrogen) atoms. The van der Waals surface area contributed by atoms with Crippen LogP contribution in [-0.4, -0.2) is 6.04 Å². The quantitative estimate of drug-likeness (QED) is 0.678. The average Bonchev–Trinajstić information content (AvgIpc) is 2.74. The summed E-state index contributed by atoms with van der Waals surface area (Å²) in [5.74, 6) is 4.06. The molecule has 1 heteroatoms. The van der Waals surface area contributed by atoms with Crippen LogP contribution >= 0.6 is 0 Å². The lowest BCUT2D eigenvalue weighted by Gasteiger charge is -2.60. The monoisotopic (exact) mass is 275 g/mol. The Balaban J connectivity index is 1.64. The number of hydrogen-bond donors (Lipinski definition) is 1. The van der Waals surface area contributed by atoms with Crippen LogP contribution in [0.25, 0.3) is 0 Å². The van der Waals surface area contributed by atoms with Gasteiger partial charge >= 0.3 is 0 Å². The molecule has 4 fully saturated rings. The minimum atomic E-state index is 0.485. The average molecular weight is 275 g/mol. The van der Waals surface area contributed by atoms with Gasteiger partial charge in [0, 0.05) is 6.04 Å². The van der Waals surface area contributed by atoms with E-state index in [9.17, 15) is 0 Å². The molecule has 1 nitrogen and oxygen atoms in total. The fraction of sp³-hybridized carbons (Fsp3) is 1.00. The Labute approximate surface area is 125 Å². The van der Waals surface area contributed by atoms with Crippen molar-refractivity contribution < 1.29 is 0 Å². The van der Waals surface area contributed by atoms with Crippen molar-refractivity contribution in [3.63, 3.8) is 0 Å². The summed E-state index contributed by atoms with van der Waals surface area (Å²) in [5, 5.41) is 0. The van der Waals surface area contributed by atoms with Crippen molar-refractivity contribution >= 4 is 0 Å². The molecule has 0 bridgehead atoms. The van der Waals surface area contributed by atoms with Crippen LogP contribution in [0, 0.1) is 34.5 Å². The summed E-state index contributed by atoms with van der Waals surface area (Å²) < 4.78 is 0. The smallest absolute Gasteiger partial charge is 0.00957 e. The molecule has 2 N–H and O–H groups in total. The highest BCUT2D eigenvalue weighted by Crippen LogP contribution is 2.65. The van der Waals surface area contributed by atoms with E-state index in [4.69, 9.17) is 5.73 Å². The van der Waals surface area contributed by atoms with Crippen LogP contribution in [0.2, 0.25) is 0 Å². The van der Waals surface area contributed by atoms with Crippen LogP contribution < -0.4 is 5.73 Å². The third-order valence-electron chi connectivity index (χ3n) is 8.66. The van der Waals surface area contributed by atoms with Gasteiger partial charge in [0.1, 0.15) is 0 Å². The van der Waals surface area contributed by atoms with Gasteiger partial charge in [0.25, 0.3) is 0 Å². The van der Waals surface area contributed by atoms with E-state index in [2.05, 4.69) is 13.8 Å². The summed E-state index contributed by atoms with van der Waals surface area (Å²) >= 11 is 0. The largest absolute Gasteiger partial charge is 0.327 e. The molecule has 4 aliphatic rings. The zero-order valence-corrected chi connectivity index (χ0v) is 13.5. The number of nitrogens with two attached hydrogens (primary N) is 1. The van der Waals surface area contributed by atoms with E-state index >= 15 is 0 Å². The normalized spacial score (nSPS) is 58.6.